The van der Waals surface area contributed by atoms with Crippen molar-refractivity contribution in [2.24, 2.45) is 5.73 Å². The molecule has 7 heteroatoms. The van der Waals surface area contributed by atoms with Gasteiger partial charge in [-0.15, -0.1) is 11.3 Å². The first-order valence-electron chi connectivity index (χ1n) is 8.77. The molecule has 28 heavy (non-hydrogen) atoms. The van der Waals surface area contributed by atoms with Gasteiger partial charge in [-0.1, -0.05) is 12.1 Å². The van der Waals surface area contributed by atoms with E-state index < -0.39 is 0 Å². The molecule has 3 N–H and O–H groups in total. The van der Waals surface area contributed by atoms with Crippen LogP contribution in [0.2, 0.25) is 0 Å². The first-order valence-corrected chi connectivity index (χ1v) is 9.58. The second-order valence-electron chi connectivity index (χ2n) is 6.32. The van der Waals surface area contributed by atoms with Crippen LogP contribution in [0.25, 0.3) is 10.4 Å². The van der Waals surface area contributed by atoms with Crippen molar-refractivity contribution in [3.8, 4) is 21.9 Å². The van der Waals surface area contributed by atoms with Gasteiger partial charge in [-0.05, 0) is 53.6 Å². The number of carbonyl (C=O) groups excluding carboxylic acids is 2. The SMILES string of the molecule is NC(=O)Cc1ccc(NC(=O)c2ccc(-c3ccc4c(c3)OCCO4)s2)cc1. The van der Waals surface area contributed by atoms with Gasteiger partial charge in [0.25, 0.3) is 5.91 Å². The van der Waals surface area contributed by atoms with Crippen LogP contribution in [-0.2, 0) is 11.2 Å². The number of hydrogen-bond acceptors (Lipinski definition) is 5. The number of rotatable bonds is 5. The van der Waals surface area contributed by atoms with E-state index >= 15 is 0 Å². The summed E-state index contributed by atoms with van der Waals surface area (Å²) in [6.07, 6.45) is 0.179. The topological polar surface area (TPSA) is 90.7 Å². The Morgan fingerprint density at radius 2 is 1.71 bits per heavy atom. The molecule has 0 spiro atoms. The molecule has 0 unspecified atom stereocenters. The number of thiophene rings is 1. The molecular formula is C21H18N2O4S. The van der Waals surface area contributed by atoms with E-state index in [0.717, 1.165) is 27.5 Å². The Bertz CT molecular complexity index is 1030. The largest absolute Gasteiger partial charge is 0.486 e. The molecule has 142 valence electrons. The highest BCUT2D eigenvalue weighted by atomic mass is 32.1. The lowest BCUT2D eigenvalue weighted by Gasteiger charge is -2.18. The van der Waals surface area contributed by atoms with Crippen LogP contribution in [0, 0.1) is 0 Å². The number of hydrogen-bond donors (Lipinski definition) is 2. The number of amides is 2. The van der Waals surface area contributed by atoms with Crippen LogP contribution >= 0.6 is 11.3 Å². The Hall–Kier alpha value is -3.32. The maximum atomic E-state index is 12.5. The van der Waals surface area contributed by atoms with Gasteiger partial charge in [0.15, 0.2) is 11.5 Å². The van der Waals surface area contributed by atoms with E-state index in [1.165, 1.54) is 11.3 Å². The number of fused-ring (bicyclic) bond motifs is 1. The van der Waals surface area contributed by atoms with Gasteiger partial charge < -0.3 is 20.5 Å². The molecule has 1 aromatic heterocycles. The van der Waals surface area contributed by atoms with Crippen LogP contribution in [0.5, 0.6) is 11.5 Å². The summed E-state index contributed by atoms with van der Waals surface area (Å²) >= 11 is 1.41. The molecule has 0 radical (unpaired) electrons. The molecule has 0 fully saturated rings. The molecule has 0 atom stereocenters. The quantitative estimate of drug-likeness (QED) is 0.693. The molecule has 2 heterocycles. The van der Waals surface area contributed by atoms with Crippen LogP contribution in [0.3, 0.4) is 0 Å². The fourth-order valence-corrected chi connectivity index (χ4v) is 3.81. The van der Waals surface area contributed by atoms with Crippen LogP contribution in [0.15, 0.2) is 54.6 Å². The van der Waals surface area contributed by atoms with Gasteiger partial charge in [0, 0.05) is 10.6 Å². The van der Waals surface area contributed by atoms with Crippen molar-refractivity contribution in [1.82, 2.24) is 0 Å². The van der Waals surface area contributed by atoms with Gasteiger partial charge in [-0.2, -0.15) is 0 Å². The number of benzene rings is 2. The second-order valence-corrected chi connectivity index (χ2v) is 7.40. The minimum Gasteiger partial charge on any atom is -0.486 e. The fourth-order valence-electron chi connectivity index (χ4n) is 2.91. The minimum absolute atomic E-state index is 0.179. The molecule has 2 aromatic carbocycles. The molecule has 1 aliphatic heterocycles. The van der Waals surface area contributed by atoms with Crippen LogP contribution in [-0.4, -0.2) is 25.0 Å². The Morgan fingerprint density at radius 1 is 0.964 bits per heavy atom. The summed E-state index contributed by atoms with van der Waals surface area (Å²) in [6.45, 7) is 1.09. The molecule has 0 aliphatic carbocycles. The Balaban J connectivity index is 1.46. The third-order valence-corrected chi connectivity index (χ3v) is 5.38. The zero-order valence-corrected chi connectivity index (χ0v) is 15.8. The molecule has 0 saturated heterocycles. The van der Waals surface area contributed by atoms with Crippen molar-refractivity contribution in [2.75, 3.05) is 18.5 Å². The summed E-state index contributed by atoms with van der Waals surface area (Å²) in [7, 11) is 0. The van der Waals surface area contributed by atoms with Gasteiger partial charge >= 0.3 is 0 Å². The lowest BCUT2D eigenvalue weighted by molar-refractivity contribution is -0.117. The van der Waals surface area contributed by atoms with E-state index in [-0.39, 0.29) is 18.2 Å². The number of nitrogens with two attached hydrogens (primary N) is 1. The summed E-state index contributed by atoms with van der Waals surface area (Å²) in [4.78, 5) is 25.1. The van der Waals surface area contributed by atoms with E-state index in [1.54, 1.807) is 30.3 Å². The maximum absolute atomic E-state index is 12.5. The Morgan fingerprint density at radius 3 is 2.46 bits per heavy atom. The number of anilines is 1. The van der Waals surface area contributed by atoms with E-state index in [0.29, 0.717) is 23.8 Å². The first kappa shape index (κ1) is 18.1. The molecule has 2 amide bonds. The monoisotopic (exact) mass is 394 g/mol. The maximum Gasteiger partial charge on any atom is 0.265 e. The van der Waals surface area contributed by atoms with Crippen molar-refractivity contribution in [3.05, 3.63) is 65.0 Å². The predicted molar refractivity (Wildman–Crippen MR) is 108 cm³/mol. The molecule has 0 bridgehead atoms. The Kier molecular flexibility index (Phi) is 4.99. The highest BCUT2D eigenvalue weighted by Crippen LogP contribution is 2.37. The minimum atomic E-state index is -0.387. The molecule has 3 aromatic rings. The normalized spacial score (nSPS) is 12.4. The van der Waals surface area contributed by atoms with E-state index in [9.17, 15) is 9.59 Å². The predicted octanol–water partition coefficient (Wildman–Crippen LogP) is 3.47. The molecule has 4 rings (SSSR count). The summed E-state index contributed by atoms with van der Waals surface area (Å²) in [5.74, 6) is 0.891. The van der Waals surface area contributed by atoms with Gasteiger partial charge in [-0.25, -0.2) is 0 Å². The van der Waals surface area contributed by atoms with E-state index in [1.807, 2.05) is 24.3 Å². The molecule has 6 nitrogen and oxygen atoms in total. The third-order valence-electron chi connectivity index (χ3n) is 4.25. The fraction of sp³-hybridized carbons (Fsp3) is 0.143. The van der Waals surface area contributed by atoms with Crippen LogP contribution in [0.4, 0.5) is 5.69 Å². The van der Waals surface area contributed by atoms with Gasteiger partial charge in [-0.3, -0.25) is 9.59 Å². The van der Waals surface area contributed by atoms with E-state index in [2.05, 4.69) is 5.32 Å². The lowest BCUT2D eigenvalue weighted by atomic mass is 10.1. The highest BCUT2D eigenvalue weighted by molar-refractivity contribution is 7.17. The zero-order chi connectivity index (χ0) is 19.5. The number of nitrogens with one attached hydrogen (secondary N) is 1. The smallest absolute Gasteiger partial charge is 0.265 e. The summed E-state index contributed by atoms with van der Waals surface area (Å²) in [5.41, 5.74) is 7.63. The summed E-state index contributed by atoms with van der Waals surface area (Å²) in [5, 5.41) is 2.86. The van der Waals surface area contributed by atoms with Crippen molar-refractivity contribution in [1.29, 1.82) is 0 Å². The Labute approximate surface area is 165 Å². The van der Waals surface area contributed by atoms with Crippen molar-refractivity contribution in [3.63, 3.8) is 0 Å². The standard InChI is InChI=1S/C21H18N2O4S/c22-20(24)11-13-1-4-15(5-2-13)23-21(25)19-8-7-18(28-19)14-3-6-16-17(12-14)27-10-9-26-16/h1-8,12H,9-11H2,(H2,22,24)(H,23,25). The molecule has 0 saturated carbocycles. The number of ether oxygens (including phenoxy) is 2. The average molecular weight is 394 g/mol. The van der Waals surface area contributed by atoms with Crippen molar-refractivity contribution < 1.29 is 19.1 Å². The number of carbonyl (C=O) groups is 2. The van der Waals surface area contributed by atoms with Crippen LogP contribution < -0.4 is 20.5 Å². The van der Waals surface area contributed by atoms with E-state index in [4.69, 9.17) is 15.2 Å². The van der Waals surface area contributed by atoms with Gasteiger partial charge in [0.2, 0.25) is 5.91 Å². The summed E-state index contributed by atoms with van der Waals surface area (Å²) in [6, 6.07) is 16.5. The highest BCUT2D eigenvalue weighted by Gasteiger charge is 2.15. The average Bonchev–Trinajstić information content (AvgIpc) is 3.19. The third kappa shape index (κ3) is 3.99. The van der Waals surface area contributed by atoms with Gasteiger partial charge in [0.05, 0.1) is 11.3 Å². The van der Waals surface area contributed by atoms with Gasteiger partial charge in [0.1, 0.15) is 13.2 Å². The zero-order valence-electron chi connectivity index (χ0n) is 14.9. The summed E-state index contributed by atoms with van der Waals surface area (Å²) < 4.78 is 11.2. The molecule has 1 aliphatic rings. The number of primary amides is 1. The molecular weight excluding hydrogens is 376 g/mol. The van der Waals surface area contributed by atoms with Crippen molar-refractivity contribution in [2.45, 2.75) is 6.42 Å². The lowest BCUT2D eigenvalue weighted by Crippen LogP contribution is -2.15. The van der Waals surface area contributed by atoms with Crippen molar-refractivity contribution >= 4 is 28.8 Å². The second kappa shape index (κ2) is 7.74. The van der Waals surface area contributed by atoms with Crippen LogP contribution in [0.1, 0.15) is 15.2 Å². The first-order chi connectivity index (χ1) is 13.6.